The van der Waals surface area contributed by atoms with Crippen molar-refractivity contribution in [1.82, 2.24) is 5.32 Å². The van der Waals surface area contributed by atoms with Crippen molar-refractivity contribution in [2.45, 2.75) is 35.3 Å². The Kier molecular flexibility index (Phi) is 12.6. The van der Waals surface area contributed by atoms with E-state index in [1.165, 1.54) is 35.8 Å². The zero-order chi connectivity index (χ0) is 39.7. The normalized spacial score (nSPS) is 14.1. The Balaban J connectivity index is 1.13. The molecule has 3 amide bonds. The summed E-state index contributed by atoms with van der Waals surface area (Å²) in [4.78, 5) is 56.3. The summed E-state index contributed by atoms with van der Waals surface area (Å²) < 4.78 is 5.22. The van der Waals surface area contributed by atoms with Gasteiger partial charge in [0, 0.05) is 26.0 Å². The quantitative estimate of drug-likeness (QED) is 0.0644. The molecule has 0 bridgehead atoms. The summed E-state index contributed by atoms with van der Waals surface area (Å²) in [7, 11) is 1.36. The average molecular weight is 812 g/mol. The zero-order valence-corrected chi connectivity index (χ0v) is 33.3. The van der Waals surface area contributed by atoms with Gasteiger partial charge in [0.2, 0.25) is 5.91 Å². The lowest BCUT2D eigenvalue weighted by Crippen LogP contribution is -2.30. The summed E-state index contributed by atoms with van der Waals surface area (Å²) in [5.41, 5.74) is 4.92. The molecule has 6 aromatic rings. The average Bonchev–Trinajstić information content (AvgIpc) is 3.61. The van der Waals surface area contributed by atoms with Gasteiger partial charge in [-0.3, -0.25) is 14.4 Å². The lowest BCUT2D eigenvalue weighted by atomic mass is 9.83. The van der Waals surface area contributed by atoms with Crippen molar-refractivity contribution in [2.75, 3.05) is 17.7 Å². The van der Waals surface area contributed by atoms with E-state index < -0.39 is 23.0 Å². The highest BCUT2D eigenvalue weighted by Crippen LogP contribution is 2.44. The van der Waals surface area contributed by atoms with Crippen LogP contribution in [0.4, 0.5) is 10.7 Å². The number of carbonyl (C=O) groups excluding carboxylic acids is 4. The minimum absolute atomic E-state index is 0.0286. The number of nitrogens with one attached hydrogen (secondary N) is 3. The minimum Gasteiger partial charge on any atom is -0.465 e. The van der Waals surface area contributed by atoms with Crippen LogP contribution in [0.5, 0.6) is 0 Å². The second kappa shape index (κ2) is 18.3. The second-order valence-corrected chi connectivity index (χ2v) is 16.1. The van der Waals surface area contributed by atoms with Gasteiger partial charge in [-0.25, -0.2) is 4.79 Å². The Morgan fingerprint density at radius 1 is 0.825 bits per heavy atom. The van der Waals surface area contributed by atoms with Crippen LogP contribution in [0, 0.1) is 0 Å². The largest absolute Gasteiger partial charge is 0.465 e. The van der Waals surface area contributed by atoms with Crippen molar-refractivity contribution in [3.63, 3.8) is 0 Å². The van der Waals surface area contributed by atoms with Gasteiger partial charge in [-0.05, 0) is 96.0 Å². The number of methoxy groups -OCH3 is 1. The Morgan fingerprint density at radius 2 is 1.51 bits per heavy atom. The molecule has 3 N–H and O–H groups in total. The number of anilines is 2. The number of carbonyl (C=O) groups is 4. The molecule has 2 atom stereocenters. The van der Waals surface area contributed by atoms with E-state index in [2.05, 4.69) is 28.1 Å². The minimum atomic E-state index is -0.718. The lowest BCUT2D eigenvalue weighted by molar-refractivity contribution is -0.116. The fourth-order valence-electron chi connectivity index (χ4n) is 6.73. The first-order valence-corrected chi connectivity index (χ1v) is 20.4. The molecule has 5 aromatic carbocycles. The van der Waals surface area contributed by atoms with E-state index in [0.29, 0.717) is 49.6 Å². The van der Waals surface area contributed by atoms with Gasteiger partial charge in [0.25, 0.3) is 11.8 Å². The van der Waals surface area contributed by atoms with E-state index in [0.717, 1.165) is 28.8 Å². The number of hydrogen-bond acceptors (Lipinski definition) is 7. The van der Waals surface area contributed by atoms with Gasteiger partial charge in [-0.15, -0.1) is 23.1 Å². The molecule has 2 unspecified atom stereocenters. The van der Waals surface area contributed by atoms with Crippen LogP contribution < -0.4 is 16.0 Å². The van der Waals surface area contributed by atoms with Gasteiger partial charge in [0.1, 0.15) is 15.9 Å². The molecule has 0 spiro atoms. The van der Waals surface area contributed by atoms with Crippen LogP contribution in [0.2, 0.25) is 5.02 Å². The van der Waals surface area contributed by atoms with E-state index >= 15 is 0 Å². The number of halogens is 1. The molecule has 1 aromatic heterocycles. The van der Waals surface area contributed by atoms with Gasteiger partial charge in [0.05, 0.1) is 12.7 Å². The Bertz CT molecular complexity index is 2420. The van der Waals surface area contributed by atoms with Crippen LogP contribution in [-0.2, 0) is 27.2 Å². The molecule has 7 rings (SSSR count). The molecule has 1 heterocycles. The van der Waals surface area contributed by atoms with Gasteiger partial charge in [0.15, 0.2) is 0 Å². The molecule has 0 saturated carbocycles. The summed E-state index contributed by atoms with van der Waals surface area (Å²) in [6.45, 7) is 0. The van der Waals surface area contributed by atoms with Crippen LogP contribution in [0.1, 0.15) is 65.4 Å². The third kappa shape index (κ3) is 9.72. The maximum absolute atomic E-state index is 14.3. The monoisotopic (exact) mass is 811 g/mol. The maximum Gasteiger partial charge on any atom is 0.341 e. The fourth-order valence-corrected chi connectivity index (χ4v) is 9.26. The van der Waals surface area contributed by atoms with Crippen molar-refractivity contribution >= 4 is 75.2 Å². The van der Waals surface area contributed by atoms with Gasteiger partial charge >= 0.3 is 5.97 Å². The fraction of sp³-hybridized carbons (Fsp3) is 0.130. The molecular weight excluding hydrogens is 774 g/mol. The number of amides is 3. The molecular formula is C46H38ClN3O5S2. The molecule has 1 aliphatic carbocycles. The number of esters is 1. The molecule has 0 saturated heterocycles. The SMILES string of the molecule is COC(=O)c1c(NC(=O)C(Sc2cccc(NC(=O)/C(=C/c3ccc(Cl)cc3)NC(=O)c3ccccc3)c2)c2ccccc2)sc2c1CCC(c1ccccc1)C2. The topological polar surface area (TPSA) is 114 Å². The van der Waals surface area contributed by atoms with Crippen molar-refractivity contribution in [3.8, 4) is 0 Å². The maximum atomic E-state index is 14.3. The summed E-state index contributed by atoms with van der Waals surface area (Å²) in [5, 5.41) is 9.07. The Hall–Kier alpha value is -5.94. The van der Waals surface area contributed by atoms with Crippen LogP contribution in [0.3, 0.4) is 0 Å². The summed E-state index contributed by atoms with van der Waals surface area (Å²) in [5.74, 6) is -1.44. The number of thiophene rings is 1. The molecule has 0 aliphatic heterocycles. The van der Waals surface area contributed by atoms with Crippen LogP contribution >= 0.6 is 34.7 Å². The third-order valence-corrected chi connectivity index (χ3v) is 12.2. The first kappa shape index (κ1) is 39.3. The lowest BCUT2D eigenvalue weighted by Gasteiger charge is -2.22. The van der Waals surface area contributed by atoms with Gasteiger partial charge in [-0.2, -0.15) is 0 Å². The van der Waals surface area contributed by atoms with Crippen LogP contribution in [0.15, 0.2) is 150 Å². The van der Waals surface area contributed by atoms with E-state index in [1.807, 2.05) is 54.6 Å². The molecule has 11 heteroatoms. The van der Waals surface area contributed by atoms with Gasteiger partial charge < -0.3 is 20.7 Å². The van der Waals surface area contributed by atoms with Gasteiger partial charge in [-0.1, -0.05) is 109 Å². The molecule has 1 aliphatic rings. The first-order valence-electron chi connectivity index (χ1n) is 18.3. The first-order chi connectivity index (χ1) is 27.7. The van der Waals surface area contributed by atoms with E-state index in [-0.39, 0.29) is 11.6 Å². The van der Waals surface area contributed by atoms with Crippen molar-refractivity contribution in [2.24, 2.45) is 0 Å². The van der Waals surface area contributed by atoms with Crippen molar-refractivity contribution in [1.29, 1.82) is 0 Å². The molecule has 286 valence electrons. The number of ether oxygens (including phenoxy) is 1. The van der Waals surface area contributed by atoms with E-state index in [1.54, 1.807) is 78.9 Å². The number of fused-ring (bicyclic) bond motifs is 1. The van der Waals surface area contributed by atoms with Crippen molar-refractivity contribution in [3.05, 3.63) is 189 Å². The Labute approximate surface area is 344 Å². The second-order valence-electron chi connectivity index (χ2n) is 13.4. The highest BCUT2D eigenvalue weighted by Gasteiger charge is 2.32. The standard InChI is InChI=1S/C46H38ClN3O5S2/c1-55-46(54)40-37-25-22-33(30-12-5-2-6-13-30)27-39(37)57-45(40)50-44(53)41(31-14-7-3-8-15-31)56-36-19-11-18-35(28-36)48-43(52)38(26-29-20-23-34(47)24-21-29)49-42(51)32-16-9-4-10-17-32/h2-21,23-24,26,28,33,41H,22,25,27H2,1H3,(H,48,52)(H,49,51)(H,50,53)/b38-26-. The van der Waals surface area contributed by atoms with Crippen molar-refractivity contribution < 1.29 is 23.9 Å². The van der Waals surface area contributed by atoms with E-state index in [9.17, 15) is 19.2 Å². The zero-order valence-electron chi connectivity index (χ0n) is 30.9. The smallest absolute Gasteiger partial charge is 0.341 e. The molecule has 57 heavy (non-hydrogen) atoms. The predicted molar refractivity (Wildman–Crippen MR) is 229 cm³/mol. The summed E-state index contributed by atoms with van der Waals surface area (Å²) >= 11 is 8.84. The number of rotatable bonds is 12. The molecule has 0 radical (unpaired) electrons. The molecule has 0 fully saturated rings. The Morgan fingerprint density at radius 3 is 2.21 bits per heavy atom. The van der Waals surface area contributed by atoms with Crippen LogP contribution in [-0.4, -0.2) is 30.8 Å². The number of benzene rings is 5. The molecule has 8 nitrogen and oxygen atoms in total. The number of hydrogen-bond donors (Lipinski definition) is 3. The summed E-state index contributed by atoms with van der Waals surface area (Å²) in [6, 6.07) is 42.4. The highest BCUT2D eigenvalue weighted by atomic mass is 35.5. The third-order valence-electron chi connectivity index (χ3n) is 9.56. The highest BCUT2D eigenvalue weighted by molar-refractivity contribution is 8.00. The van der Waals surface area contributed by atoms with E-state index in [4.69, 9.17) is 16.3 Å². The predicted octanol–water partition coefficient (Wildman–Crippen LogP) is 10.3. The summed E-state index contributed by atoms with van der Waals surface area (Å²) in [6.07, 6.45) is 3.94. The number of thioether (sulfide) groups is 1. The van der Waals surface area contributed by atoms with Crippen LogP contribution in [0.25, 0.3) is 6.08 Å².